The second-order valence-electron chi connectivity index (χ2n) is 7.47. The maximum atomic E-state index is 12.7. The molecule has 4 rings (SSSR count). The molecule has 1 aliphatic heterocycles. The third kappa shape index (κ3) is 4.06. The van der Waals surface area contributed by atoms with Crippen LogP contribution in [0.25, 0.3) is 11.2 Å². The van der Waals surface area contributed by atoms with E-state index in [2.05, 4.69) is 9.97 Å². The Bertz CT molecular complexity index is 1320. The summed E-state index contributed by atoms with van der Waals surface area (Å²) in [6.07, 6.45) is 5.27. The van der Waals surface area contributed by atoms with Crippen LogP contribution in [0.3, 0.4) is 0 Å². The Morgan fingerprint density at radius 3 is 2.52 bits per heavy atom. The zero-order valence-electron chi connectivity index (χ0n) is 17.4. The van der Waals surface area contributed by atoms with Crippen LogP contribution in [-0.4, -0.2) is 55.2 Å². The zero-order chi connectivity index (χ0) is 22.2. The molecule has 0 aromatic carbocycles. The lowest BCUT2D eigenvalue weighted by atomic mass is 10.4. The number of imidazole rings is 1. The number of rotatable bonds is 7. The van der Waals surface area contributed by atoms with E-state index in [0.717, 1.165) is 12.8 Å². The van der Waals surface area contributed by atoms with Gasteiger partial charge in [0.2, 0.25) is 10.0 Å². The van der Waals surface area contributed by atoms with Gasteiger partial charge in [-0.15, -0.1) is 11.8 Å². The lowest BCUT2D eigenvalue weighted by Crippen LogP contribution is -2.39. The van der Waals surface area contributed by atoms with E-state index in [9.17, 15) is 18.0 Å². The SMILES string of the molecule is Cn1cnc2c1c(=O)n(CCCSc1ccc(S(=O)(=O)N3CCCC3)cn1)c(=O)n2C. The topological polar surface area (TPSA) is 112 Å². The van der Waals surface area contributed by atoms with Gasteiger partial charge in [0, 0.05) is 45.7 Å². The van der Waals surface area contributed by atoms with Crippen molar-refractivity contribution >= 4 is 32.9 Å². The Kier molecular flexibility index (Phi) is 6.04. The number of sulfonamides is 1. The molecular formula is C19H24N6O4S2. The number of hydrogen-bond acceptors (Lipinski definition) is 7. The van der Waals surface area contributed by atoms with Gasteiger partial charge in [-0.05, 0) is 31.4 Å². The lowest BCUT2D eigenvalue weighted by Gasteiger charge is -2.15. The van der Waals surface area contributed by atoms with Crippen molar-refractivity contribution in [2.45, 2.75) is 35.7 Å². The highest BCUT2D eigenvalue weighted by molar-refractivity contribution is 7.99. The first kappa shape index (κ1) is 21.8. The van der Waals surface area contributed by atoms with Crippen LogP contribution in [0.4, 0.5) is 0 Å². The van der Waals surface area contributed by atoms with Crippen LogP contribution in [0.15, 0.2) is 44.2 Å². The summed E-state index contributed by atoms with van der Waals surface area (Å²) < 4.78 is 30.8. The van der Waals surface area contributed by atoms with Crippen molar-refractivity contribution in [1.82, 2.24) is 28.0 Å². The predicted molar refractivity (Wildman–Crippen MR) is 118 cm³/mol. The summed E-state index contributed by atoms with van der Waals surface area (Å²) in [5.74, 6) is 0.629. The highest BCUT2D eigenvalue weighted by Gasteiger charge is 2.27. The standard InChI is InChI=1S/C19H24N6O4S2/c1-22-13-21-17-16(22)18(26)25(19(27)23(17)2)10-5-11-30-15-7-6-14(12-20-15)31(28,29)24-8-3-4-9-24/h6-7,12-13H,3-5,8-11H2,1-2H3. The van der Waals surface area contributed by atoms with E-state index in [1.807, 2.05) is 0 Å². The van der Waals surface area contributed by atoms with E-state index in [1.54, 1.807) is 30.8 Å². The molecule has 1 aliphatic rings. The maximum Gasteiger partial charge on any atom is 0.332 e. The van der Waals surface area contributed by atoms with Gasteiger partial charge < -0.3 is 4.57 Å². The lowest BCUT2D eigenvalue weighted by molar-refractivity contribution is 0.477. The van der Waals surface area contributed by atoms with Gasteiger partial charge >= 0.3 is 5.69 Å². The average molecular weight is 465 g/mol. The van der Waals surface area contributed by atoms with Gasteiger partial charge in [-0.1, -0.05) is 0 Å². The van der Waals surface area contributed by atoms with Crippen molar-refractivity contribution in [3.05, 3.63) is 45.5 Å². The Morgan fingerprint density at radius 1 is 1.10 bits per heavy atom. The van der Waals surface area contributed by atoms with E-state index in [-0.39, 0.29) is 17.0 Å². The second kappa shape index (κ2) is 8.60. The minimum Gasteiger partial charge on any atom is -0.328 e. The van der Waals surface area contributed by atoms with E-state index < -0.39 is 15.7 Å². The predicted octanol–water partition coefficient (Wildman–Crippen LogP) is 0.796. The van der Waals surface area contributed by atoms with Crippen molar-refractivity contribution in [1.29, 1.82) is 0 Å². The summed E-state index contributed by atoms with van der Waals surface area (Å²) in [5.41, 5.74) is 0.0241. The molecule has 0 unspecified atom stereocenters. The van der Waals surface area contributed by atoms with Gasteiger partial charge in [0.15, 0.2) is 11.2 Å². The van der Waals surface area contributed by atoms with Crippen molar-refractivity contribution in [3.8, 4) is 0 Å². The van der Waals surface area contributed by atoms with Gasteiger partial charge in [0.05, 0.1) is 11.4 Å². The van der Waals surface area contributed by atoms with E-state index in [1.165, 1.54) is 37.7 Å². The van der Waals surface area contributed by atoms with E-state index in [0.29, 0.717) is 41.5 Å². The molecule has 0 spiro atoms. The zero-order valence-corrected chi connectivity index (χ0v) is 19.0. The summed E-state index contributed by atoms with van der Waals surface area (Å²) in [4.78, 5) is 33.8. The van der Waals surface area contributed by atoms with Gasteiger partial charge in [-0.25, -0.2) is 23.2 Å². The monoisotopic (exact) mass is 464 g/mol. The quantitative estimate of drug-likeness (QED) is 0.375. The molecule has 1 fully saturated rings. The summed E-state index contributed by atoms with van der Waals surface area (Å²) >= 11 is 1.45. The first-order valence-electron chi connectivity index (χ1n) is 10.0. The van der Waals surface area contributed by atoms with Crippen molar-refractivity contribution in [2.24, 2.45) is 14.1 Å². The highest BCUT2D eigenvalue weighted by Crippen LogP contribution is 2.23. The van der Waals surface area contributed by atoms with Gasteiger partial charge in [0.25, 0.3) is 5.56 Å². The Labute approximate surface area is 183 Å². The molecule has 12 heteroatoms. The molecule has 0 amide bonds. The third-order valence-corrected chi connectivity index (χ3v) is 8.30. The van der Waals surface area contributed by atoms with Crippen molar-refractivity contribution in [3.63, 3.8) is 0 Å². The largest absolute Gasteiger partial charge is 0.332 e. The number of nitrogens with zero attached hydrogens (tertiary/aromatic N) is 6. The molecule has 0 radical (unpaired) electrons. The van der Waals surface area contributed by atoms with Crippen LogP contribution in [0, 0.1) is 0 Å². The normalized spacial score (nSPS) is 15.2. The molecule has 0 saturated carbocycles. The fourth-order valence-electron chi connectivity index (χ4n) is 3.68. The van der Waals surface area contributed by atoms with Gasteiger partial charge in [0.1, 0.15) is 4.90 Å². The molecule has 10 nitrogen and oxygen atoms in total. The van der Waals surface area contributed by atoms with Gasteiger partial charge in [-0.2, -0.15) is 4.31 Å². The van der Waals surface area contributed by atoms with Crippen LogP contribution in [-0.2, 0) is 30.7 Å². The average Bonchev–Trinajstić information content (AvgIpc) is 3.42. The molecule has 1 saturated heterocycles. The molecule has 3 aromatic rings. The van der Waals surface area contributed by atoms with Crippen molar-refractivity contribution < 1.29 is 8.42 Å². The number of fused-ring (bicyclic) bond motifs is 1. The molecule has 3 aromatic heterocycles. The number of aromatic nitrogens is 5. The molecule has 31 heavy (non-hydrogen) atoms. The number of aryl methyl sites for hydroxylation is 2. The maximum absolute atomic E-state index is 12.7. The molecule has 4 heterocycles. The summed E-state index contributed by atoms with van der Waals surface area (Å²) in [6, 6.07) is 3.28. The van der Waals surface area contributed by atoms with Crippen LogP contribution in [0.5, 0.6) is 0 Å². The van der Waals surface area contributed by atoms with Crippen molar-refractivity contribution in [2.75, 3.05) is 18.8 Å². The first-order chi connectivity index (χ1) is 14.8. The molecule has 0 aliphatic carbocycles. The number of thioether (sulfide) groups is 1. The van der Waals surface area contributed by atoms with E-state index in [4.69, 9.17) is 0 Å². The van der Waals surface area contributed by atoms with Crippen LogP contribution in [0.2, 0.25) is 0 Å². The van der Waals surface area contributed by atoms with E-state index >= 15 is 0 Å². The molecular weight excluding hydrogens is 440 g/mol. The smallest absolute Gasteiger partial charge is 0.328 e. The Balaban J connectivity index is 1.40. The molecule has 166 valence electrons. The number of pyridine rings is 1. The van der Waals surface area contributed by atoms with Crippen LogP contribution < -0.4 is 11.2 Å². The Morgan fingerprint density at radius 2 is 1.84 bits per heavy atom. The minimum absolute atomic E-state index is 0.207. The minimum atomic E-state index is -3.47. The number of hydrogen-bond donors (Lipinski definition) is 0. The summed E-state index contributed by atoms with van der Waals surface area (Å²) in [7, 11) is -0.144. The molecule has 0 atom stereocenters. The summed E-state index contributed by atoms with van der Waals surface area (Å²) in [6.45, 7) is 1.39. The summed E-state index contributed by atoms with van der Waals surface area (Å²) in [5, 5.41) is 0.697. The van der Waals surface area contributed by atoms with Gasteiger partial charge in [-0.3, -0.25) is 13.9 Å². The molecule has 0 N–H and O–H groups in total. The molecule has 0 bridgehead atoms. The fraction of sp³-hybridized carbons (Fsp3) is 0.474. The highest BCUT2D eigenvalue weighted by atomic mass is 32.2. The fourth-order valence-corrected chi connectivity index (χ4v) is 5.91. The second-order valence-corrected chi connectivity index (χ2v) is 10.5. The van der Waals surface area contributed by atoms with Crippen LogP contribution >= 0.6 is 11.8 Å². The Hall–Kier alpha value is -2.44. The first-order valence-corrected chi connectivity index (χ1v) is 12.4. The van der Waals surface area contributed by atoms with Crippen LogP contribution in [0.1, 0.15) is 19.3 Å². The third-order valence-electron chi connectivity index (χ3n) is 5.39.